The molecule has 86 valence electrons. The minimum absolute atomic E-state index is 0.00731. The number of nitrogens with two attached hydrogens (primary N) is 1. The molecule has 2 N–H and O–H groups in total. The van der Waals surface area contributed by atoms with Gasteiger partial charge in [-0.2, -0.15) is 5.26 Å². The van der Waals surface area contributed by atoms with Gasteiger partial charge in [-0.15, -0.1) is 0 Å². The topological polar surface area (TPSA) is 65.9 Å². The SMILES string of the molecule is CC(N)C(c1cccnc1)N(C)CCC#N. The highest BCUT2D eigenvalue weighted by Crippen LogP contribution is 2.21. The van der Waals surface area contributed by atoms with Crippen LogP contribution < -0.4 is 5.73 Å². The van der Waals surface area contributed by atoms with Gasteiger partial charge in [0.05, 0.1) is 12.1 Å². The molecule has 4 heteroatoms. The first-order chi connectivity index (χ1) is 7.66. The van der Waals surface area contributed by atoms with Crippen molar-refractivity contribution in [2.75, 3.05) is 13.6 Å². The zero-order chi connectivity index (χ0) is 12.0. The Hall–Kier alpha value is -1.44. The number of hydrogen-bond donors (Lipinski definition) is 1. The van der Waals surface area contributed by atoms with E-state index in [2.05, 4.69) is 16.0 Å². The van der Waals surface area contributed by atoms with Gasteiger partial charge in [0.1, 0.15) is 0 Å². The second-order valence-electron chi connectivity index (χ2n) is 3.98. The molecule has 0 aromatic carbocycles. The van der Waals surface area contributed by atoms with Crippen LogP contribution in [0.4, 0.5) is 0 Å². The molecule has 0 amide bonds. The Morgan fingerprint density at radius 2 is 2.38 bits per heavy atom. The molecule has 0 saturated heterocycles. The van der Waals surface area contributed by atoms with E-state index in [9.17, 15) is 0 Å². The largest absolute Gasteiger partial charge is 0.326 e. The van der Waals surface area contributed by atoms with Crippen LogP contribution in [-0.2, 0) is 0 Å². The first-order valence-corrected chi connectivity index (χ1v) is 5.39. The van der Waals surface area contributed by atoms with Gasteiger partial charge in [0, 0.05) is 31.4 Å². The Kier molecular flexibility index (Phi) is 4.90. The lowest BCUT2D eigenvalue weighted by atomic mass is 10.0. The van der Waals surface area contributed by atoms with Crippen LogP contribution in [0.2, 0.25) is 0 Å². The van der Waals surface area contributed by atoms with Crippen LogP contribution in [0.5, 0.6) is 0 Å². The normalized spacial score (nSPS) is 14.4. The average Bonchev–Trinajstić information content (AvgIpc) is 2.27. The van der Waals surface area contributed by atoms with Gasteiger partial charge >= 0.3 is 0 Å². The molecule has 1 aromatic heterocycles. The molecule has 16 heavy (non-hydrogen) atoms. The number of nitrogens with zero attached hydrogens (tertiary/aromatic N) is 3. The van der Waals surface area contributed by atoms with E-state index < -0.39 is 0 Å². The third kappa shape index (κ3) is 3.30. The summed E-state index contributed by atoms with van der Waals surface area (Å²) in [7, 11) is 1.98. The van der Waals surface area contributed by atoms with Gasteiger partial charge in [-0.1, -0.05) is 6.07 Å². The zero-order valence-corrected chi connectivity index (χ0v) is 9.80. The third-order valence-corrected chi connectivity index (χ3v) is 2.58. The maximum atomic E-state index is 8.59. The number of pyridine rings is 1. The van der Waals surface area contributed by atoms with E-state index in [1.165, 1.54) is 0 Å². The second kappa shape index (κ2) is 6.21. The fourth-order valence-electron chi connectivity index (χ4n) is 1.88. The van der Waals surface area contributed by atoms with Crippen molar-refractivity contribution in [1.29, 1.82) is 5.26 Å². The summed E-state index contributed by atoms with van der Waals surface area (Å²) >= 11 is 0. The molecule has 0 spiro atoms. The van der Waals surface area contributed by atoms with Crippen LogP contribution in [0.15, 0.2) is 24.5 Å². The van der Waals surface area contributed by atoms with Crippen molar-refractivity contribution in [2.24, 2.45) is 5.73 Å². The summed E-state index contributed by atoms with van der Waals surface area (Å²) in [5.41, 5.74) is 7.08. The molecular formula is C12H18N4. The molecule has 0 radical (unpaired) electrons. The Balaban J connectivity index is 2.80. The van der Waals surface area contributed by atoms with Gasteiger partial charge in [-0.3, -0.25) is 9.88 Å². The molecule has 0 fully saturated rings. The predicted molar refractivity (Wildman–Crippen MR) is 63.5 cm³/mol. The molecule has 1 rings (SSSR count). The van der Waals surface area contributed by atoms with Crippen molar-refractivity contribution >= 4 is 0 Å². The van der Waals surface area contributed by atoms with Gasteiger partial charge in [0.2, 0.25) is 0 Å². The Labute approximate surface area is 96.7 Å². The fourth-order valence-corrected chi connectivity index (χ4v) is 1.88. The second-order valence-corrected chi connectivity index (χ2v) is 3.98. The predicted octanol–water partition coefficient (Wildman–Crippen LogP) is 1.32. The van der Waals surface area contributed by atoms with Crippen LogP contribution in [0.3, 0.4) is 0 Å². The van der Waals surface area contributed by atoms with E-state index in [1.54, 1.807) is 6.20 Å². The van der Waals surface area contributed by atoms with E-state index in [4.69, 9.17) is 11.0 Å². The molecule has 4 nitrogen and oxygen atoms in total. The molecular weight excluding hydrogens is 200 g/mol. The molecule has 0 aliphatic carbocycles. The number of rotatable bonds is 5. The Morgan fingerprint density at radius 1 is 1.62 bits per heavy atom. The molecule has 0 aliphatic rings. The molecule has 0 bridgehead atoms. The van der Waals surface area contributed by atoms with Crippen LogP contribution in [0, 0.1) is 11.3 Å². The van der Waals surface area contributed by atoms with E-state index in [1.807, 2.05) is 32.3 Å². The summed E-state index contributed by atoms with van der Waals surface area (Å²) in [6, 6.07) is 6.19. The maximum absolute atomic E-state index is 8.59. The van der Waals surface area contributed by atoms with Gasteiger partial charge in [0.25, 0.3) is 0 Å². The summed E-state index contributed by atoms with van der Waals surface area (Å²) in [5, 5.41) is 8.59. The molecule has 1 heterocycles. The zero-order valence-electron chi connectivity index (χ0n) is 9.80. The number of likely N-dealkylation sites (N-methyl/N-ethyl adjacent to an activating group) is 1. The lowest BCUT2D eigenvalue weighted by molar-refractivity contribution is 0.223. The number of hydrogen-bond acceptors (Lipinski definition) is 4. The average molecular weight is 218 g/mol. The first kappa shape index (κ1) is 12.6. The fraction of sp³-hybridized carbons (Fsp3) is 0.500. The van der Waals surface area contributed by atoms with Crippen molar-refractivity contribution < 1.29 is 0 Å². The monoisotopic (exact) mass is 218 g/mol. The van der Waals surface area contributed by atoms with Gasteiger partial charge < -0.3 is 5.73 Å². The van der Waals surface area contributed by atoms with Gasteiger partial charge in [0.15, 0.2) is 0 Å². The Bertz CT molecular complexity index is 342. The summed E-state index contributed by atoms with van der Waals surface area (Å²) in [6.45, 7) is 2.69. The van der Waals surface area contributed by atoms with Gasteiger partial charge in [-0.25, -0.2) is 0 Å². The summed E-state index contributed by atoms with van der Waals surface area (Å²) < 4.78 is 0. The molecule has 0 aliphatic heterocycles. The van der Waals surface area contributed by atoms with E-state index in [0.717, 1.165) is 12.1 Å². The quantitative estimate of drug-likeness (QED) is 0.809. The smallest absolute Gasteiger partial charge is 0.0635 e. The van der Waals surface area contributed by atoms with Crippen LogP contribution in [0.1, 0.15) is 24.9 Å². The maximum Gasteiger partial charge on any atom is 0.0635 e. The molecule has 2 atom stereocenters. The van der Waals surface area contributed by atoms with Crippen molar-refractivity contribution in [3.8, 4) is 6.07 Å². The van der Waals surface area contributed by atoms with Crippen LogP contribution in [-0.4, -0.2) is 29.5 Å². The summed E-state index contributed by atoms with van der Waals surface area (Å²) in [6.07, 6.45) is 4.09. The summed E-state index contributed by atoms with van der Waals surface area (Å²) in [5.74, 6) is 0. The minimum Gasteiger partial charge on any atom is -0.326 e. The van der Waals surface area contributed by atoms with Gasteiger partial charge in [-0.05, 0) is 25.6 Å². The number of nitriles is 1. The van der Waals surface area contributed by atoms with Crippen molar-refractivity contribution in [3.63, 3.8) is 0 Å². The molecule has 1 aromatic rings. The Morgan fingerprint density at radius 3 is 2.88 bits per heavy atom. The summed E-state index contributed by atoms with van der Waals surface area (Å²) in [4.78, 5) is 6.21. The highest BCUT2D eigenvalue weighted by Gasteiger charge is 2.20. The van der Waals surface area contributed by atoms with E-state index >= 15 is 0 Å². The van der Waals surface area contributed by atoms with E-state index in [0.29, 0.717) is 6.42 Å². The first-order valence-electron chi connectivity index (χ1n) is 5.39. The van der Waals surface area contributed by atoms with Crippen LogP contribution >= 0.6 is 0 Å². The standard InChI is InChI=1S/C12H18N4/c1-10(14)12(16(2)8-4-6-13)11-5-3-7-15-9-11/h3,5,7,9-10,12H,4,8,14H2,1-2H3. The van der Waals surface area contributed by atoms with Crippen molar-refractivity contribution in [2.45, 2.75) is 25.4 Å². The lowest BCUT2D eigenvalue weighted by Crippen LogP contribution is -2.37. The van der Waals surface area contributed by atoms with Crippen LogP contribution in [0.25, 0.3) is 0 Å². The van der Waals surface area contributed by atoms with Crippen molar-refractivity contribution in [1.82, 2.24) is 9.88 Å². The molecule has 0 saturated carbocycles. The third-order valence-electron chi connectivity index (χ3n) is 2.58. The molecule has 2 unspecified atom stereocenters. The minimum atomic E-state index is 0.00731. The van der Waals surface area contributed by atoms with E-state index in [-0.39, 0.29) is 12.1 Å². The highest BCUT2D eigenvalue weighted by atomic mass is 15.1. The lowest BCUT2D eigenvalue weighted by Gasteiger charge is -2.30. The number of aromatic nitrogens is 1. The van der Waals surface area contributed by atoms with Crippen molar-refractivity contribution in [3.05, 3.63) is 30.1 Å². The highest BCUT2D eigenvalue weighted by molar-refractivity contribution is 5.15.